The third-order valence-electron chi connectivity index (χ3n) is 7.14. The quantitative estimate of drug-likeness (QED) is 0.579. The molecule has 0 saturated heterocycles. The van der Waals surface area contributed by atoms with Crippen LogP contribution in [-0.2, 0) is 17.9 Å². The summed E-state index contributed by atoms with van der Waals surface area (Å²) in [6, 6.07) is 7.37. The highest BCUT2D eigenvalue weighted by atomic mass is 16.4. The highest BCUT2D eigenvalue weighted by Crippen LogP contribution is 2.39. The van der Waals surface area contributed by atoms with E-state index in [1.54, 1.807) is 0 Å². The molecule has 172 valence electrons. The van der Waals surface area contributed by atoms with E-state index in [9.17, 15) is 4.79 Å². The number of hydrogen-bond acceptors (Lipinski definition) is 9. The SMILES string of the molecule is NC(=O)[C@@H]1CN(Cc2nnc(C3CCC3)o2)c2ccccc2N1Cc1nnc(C2CCC2)o1. The highest BCUT2D eigenvalue weighted by Gasteiger charge is 2.36. The van der Waals surface area contributed by atoms with Crippen LogP contribution < -0.4 is 15.5 Å². The van der Waals surface area contributed by atoms with Gasteiger partial charge >= 0.3 is 0 Å². The summed E-state index contributed by atoms with van der Waals surface area (Å²) in [6.07, 6.45) is 6.79. The number of rotatable bonds is 7. The number of aromatic nitrogens is 4. The van der Waals surface area contributed by atoms with Crippen LogP contribution in [-0.4, -0.2) is 38.9 Å². The van der Waals surface area contributed by atoms with E-state index in [1.807, 2.05) is 29.2 Å². The van der Waals surface area contributed by atoms with Gasteiger partial charge in [0.15, 0.2) is 0 Å². The number of primary amides is 1. The van der Waals surface area contributed by atoms with E-state index in [0.29, 0.717) is 55.0 Å². The first-order valence-corrected chi connectivity index (χ1v) is 11.7. The van der Waals surface area contributed by atoms with Gasteiger partial charge in [0.25, 0.3) is 0 Å². The van der Waals surface area contributed by atoms with E-state index in [4.69, 9.17) is 14.6 Å². The van der Waals surface area contributed by atoms with Crippen molar-refractivity contribution in [3.05, 3.63) is 47.8 Å². The molecule has 3 aromatic rings. The maximum Gasteiger partial charge on any atom is 0.241 e. The van der Waals surface area contributed by atoms with Crippen LogP contribution in [0.1, 0.15) is 73.9 Å². The molecule has 2 fully saturated rings. The minimum Gasteiger partial charge on any atom is -0.423 e. The number of hydrogen-bond donors (Lipinski definition) is 1. The second-order valence-corrected chi connectivity index (χ2v) is 9.24. The lowest BCUT2D eigenvalue weighted by Crippen LogP contribution is -2.54. The first kappa shape index (κ1) is 20.2. The van der Waals surface area contributed by atoms with Crippen LogP contribution in [0.15, 0.2) is 33.1 Å². The van der Waals surface area contributed by atoms with Crippen LogP contribution in [0.4, 0.5) is 11.4 Å². The van der Waals surface area contributed by atoms with E-state index < -0.39 is 11.9 Å². The molecule has 1 aliphatic heterocycles. The largest absolute Gasteiger partial charge is 0.423 e. The average Bonchev–Trinajstić information content (AvgIpc) is 3.37. The van der Waals surface area contributed by atoms with E-state index in [-0.39, 0.29) is 0 Å². The van der Waals surface area contributed by atoms with Crippen molar-refractivity contribution in [3.63, 3.8) is 0 Å². The highest BCUT2D eigenvalue weighted by molar-refractivity contribution is 5.88. The monoisotopic (exact) mass is 449 g/mol. The maximum atomic E-state index is 12.5. The molecule has 3 heterocycles. The van der Waals surface area contributed by atoms with Gasteiger partial charge in [0.1, 0.15) is 6.04 Å². The van der Waals surface area contributed by atoms with Gasteiger partial charge < -0.3 is 24.4 Å². The van der Waals surface area contributed by atoms with E-state index >= 15 is 0 Å². The number of anilines is 2. The summed E-state index contributed by atoms with van der Waals surface area (Å²) in [5.74, 6) is 2.79. The van der Waals surface area contributed by atoms with Crippen molar-refractivity contribution in [2.24, 2.45) is 5.73 Å². The van der Waals surface area contributed by atoms with Crippen molar-refractivity contribution in [2.45, 2.75) is 69.5 Å². The van der Waals surface area contributed by atoms with Crippen molar-refractivity contribution >= 4 is 17.3 Å². The number of carbonyl (C=O) groups is 1. The molecule has 10 heteroatoms. The molecule has 1 aromatic carbocycles. The topological polar surface area (TPSA) is 127 Å². The fourth-order valence-electron chi connectivity index (χ4n) is 4.75. The average molecular weight is 450 g/mol. The van der Waals surface area contributed by atoms with Gasteiger partial charge in [0.05, 0.1) is 24.5 Å². The Bertz CT molecular complexity index is 1150. The zero-order valence-electron chi connectivity index (χ0n) is 18.4. The molecule has 0 spiro atoms. The third-order valence-corrected chi connectivity index (χ3v) is 7.14. The van der Waals surface area contributed by atoms with Crippen LogP contribution in [0, 0.1) is 0 Å². The number of amides is 1. The van der Waals surface area contributed by atoms with Crippen LogP contribution in [0.2, 0.25) is 0 Å². The summed E-state index contributed by atoms with van der Waals surface area (Å²) in [5.41, 5.74) is 7.71. The van der Waals surface area contributed by atoms with Crippen LogP contribution in [0.3, 0.4) is 0 Å². The van der Waals surface area contributed by atoms with Crippen molar-refractivity contribution in [3.8, 4) is 0 Å². The van der Waals surface area contributed by atoms with Gasteiger partial charge in [-0.05, 0) is 37.8 Å². The fraction of sp³-hybridized carbons (Fsp3) is 0.522. The predicted octanol–water partition coefficient (Wildman–Crippen LogP) is 2.87. The van der Waals surface area contributed by atoms with E-state index in [1.165, 1.54) is 12.8 Å². The Labute approximate surface area is 191 Å². The molecule has 2 N–H and O–H groups in total. The predicted molar refractivity (Wildman–Crippen MR) is 118 cm³/mol. The lowest BCUT2D eigenvalue weighted by atomic mass is 9.85. The minimum atomic E-state index is -0.562. The molecule has 1 amide bonds. The van der Waals surface area contributed by atoms with Crippen LogP contribution in [0.25, 0.3) is 0 Å². The van der Waals surface area contributed by atoms with Gasteiger partial charge in [-0.1, -0.05) is 25.0 Å². The first-order chi connectivity index (χ1) is 16.2. The Morgan fingerprint density at radius 1 is 0.879 bits per heavy atom. The van der Waals surface area contributed by atoms with Crippen molar-refractivity contribution < 1.29 is 13.6 Å². The fourth-order valence-corrected chi connectivity index (χ4v) is 4.75. The van der Waals surface area contributed by atoms with Gasteiger partial charge in [-0.15, -0.1) is 20.4 Å². The second kappa shape index (κ2) is 8.17. The number of nitrogens with zero attached hydrogens (tertiary/aromatic N) is 6. The zero-order chi connectivity index (χ0) is 22.4. The van der Waals surface area contributed by atoms with Crippen molar-refractivity contribution in [2.75, 3.05) is 16.3 Å². The molecule has 3 aliphatic rings. The molecule has 10 nitrogen and oxygen atoms in total. The van der Waals surface area contributed by atoms with E-state index in [0.717, 1.165) is 37.1 Å². The summed E-state index contributed by atoms with van der Waals surface area (Å²) in [4.78, 5) is 16.5. The molecule has 33 heavy (non-hydrogen) atoms. The Kier molecular flexibility index (Phi) is 5.00. The lowest BCUT2D eigenvalue weighted by Gasteiger charge is -2.42. The Hall–Kier alpha value is -3.43. The molecule has 2 aromatic heterocycles. The summed E-state index contributed by atoms with van der Waals surface area (Å²) >= 11 is 0. The molecule has 0 bridgehead atoms. The molecule has 0 radical (unpaired) electrons. The third kappa shape index (κ3) is 3.73. The standard InChI is InChI=1S/C23H27N7O3/c24-21(31)18-11-29(12-19-25-27-22(32-19)14-5-3-6-14)16-9-1-2-10-17(16)30(18)13-20-26-28-23(33-20)15-7-4-8-15/h1-2,9-10,14-15,18H,3-8,11-13H2,(H2,24,31)/t18-/m0/s1. The maximum absolute atomic E-state index is 12.5. The molecular weight excluding hydrogens is 422 g/mol. The number of benzene rings is 1. The Morgan fingerprint density at radius 3 is 2.00 bits per heavy atom. The smallest absolute Gasteiger partial charge is 0.241 e. The molecule has 1 atom stereocenters. The minimum absolute atomic E-state index is 0.324. The molecule has 2 saturated carbocycles. The molecule has 6 rings (SSSR count). The zero-order valence-corrected chi connectivity index (χ0v) is 18.4. The van der Waals surface area contributed by atoms with Gasteiger partial charge in [-0.25, -0.2) is 0 Å². The summed E-state index contributed by atoms with van der Waals surface area (Å²) in [7, 11) is 0. The molecule has 0 unspecified atom stereocenters. The second-order valence-electron chi connectivity index (χ2n) is 9.24. The van der Waals surface area contributed by atoms with Crippen molar-refractivity contribution in [1.29, 1.82) is 0 Å². The summed E-state index contributed by atoms with van der Waals surface area (Å²) in [5, 5.41) is 17.0. The van der Waals surface area contributed by atoms with Gasteiger partial charge in [0, 0.05) is 18.4 Å². The Morgan fingerprint density at radius 2 is 1.45 bits per heavy atom. The number of para-hydroxylation sites is 2. The number of carbonyl (C=O) groups excluding carboxylic acids is 1. The van der Waals surface area contributed by atoms with Gasteiger partial charge in [0.2, 0.25) is 29.5 Å². The normalized spacial score (nSPS) is 20.9. The van der Waals surface area contributed by atoms with E-state index in [2.05, 4.69) is 25.3 Å². The molecule has 2 aliphatic carbocycles. The van der Waals surface area contributed by atoms with Crippen LogP contribution >= 0.6 is 0 Å². The Balaban J connectivity index is 1.26. The lowest BCUT2D eigenvalue weighted by molar-refractivity contribution is -0.119. The van der Waals surface area contributed by atoms with Crippen LogP contribution in [0.5, 0.6) is 0 Å². The summed E-state index contributed by atoms with van der Waals surface area (Å²) < 4.78 is 11.9. The number of fused-ring (bicyclic) bond motifs is 1. The number of nitrogens with two attached hydrogens (primary N) is 1. The van der Waals surface area contributed by atoms with Crippen molar-refractivity contribution in [1.82, 2.24) is 20.4 Å². The first-order valence-electron chi connectivity index (χ1n) is 11.7. The van der Waals surface area contributed by atoms with Gasteiger partial charge in [-0.3, -0.25) is 4.79 Å². The molecular formula is C23H27N7O3. The van der Waals surface area contributed by atoms with Gasteiger partial charge in [-0.2, -0.15) is 0 Å². The summed E-state index contributed by atoms with van der Waals surface area (Å²) in [6.45, 7) is 1.14.